The summed E-state index contributed by atoms with van der Waals surface area (Å²) in [7, 11) is 0. The van der Waals surface area contributed by atoms with Crippen molar-refractivity contribution in [1.82, 2.24) is 4.98 Å². The van der Waals surface area contributed by atoms with E-state index in [0.717, 1.165) is 37.5 Å². The lowest BCUT2D eigenvalue weighted by molar-refractivity contribution is -0.138. The maximum atomic E-state index is 10.6. The molecule has 2 saturated carbocycles. The van der Waals surface area contributed by atoms with Crippen molar-refractivity contribution in [1.29, 1.82) is 0 Å². The Morgan fingerprint density at radius 1 is 1.21 bits per heavy atom. The van der Waals surface area contributed by atoms with Crippen molar-refractivity contribution in [3.8, 4) is 0 Å². The predicted octanol–water partition coefficient (Wildman–Crippen LogP) is 4.04. The van der Waals surface area contributed by atoms with Crippen molar-refractivity contribution < 1.29 is 9.90 Å². The number of hydrogen-bond acceptors (Lipinski definition) is 3. The summed E-state index contributed by atoms with van der Waals surface area (Å²) in [5.74, 6) is 2.00. The number of pyridine rings is 1. The molecule has 1 aromatic rings. The van der Waals surface area contributed by atoms with E-state index in [4.69, 9.17) is 10.1 Å². The molecule has 1 spiro atoms. The lowest BCUT2D eigenvalue weighted by Crippen LogP contribution is -2.47. The first-order chi connectivity index (χ1) is 11.6. The maximum Gasteiger partial charge on any atom is 0.303 e. The third-order valence-corrected chi connectivity index (χ3v) is 6.41. The number of aliphatic carboxylic acids is 1. The van der Waals surface area contributed by atoms with Gasteiger partial charge >= 0.3 is 5.97 Å². The van der Waals surface area contributed by atoms with Gasteiger partial charge < -0.3 is 10.4 Å². The number of nitrogens with zero attached hydrogens (tertiary/aromatic N) is 1. The fourth-order valence-electron chi connectivity index (χ4n) is 5.26. The number of carboxylic acids is 1. The first-order valence-corrected chi connectivity index (χ1v) is 9.56. The van der Waals surface area contributed by atoms with Crippen LogP contribution in [0.25, 0.3) is 0 Å². The normalized spacial score (nSPS) is 30.8. The molecule has 0 unspecified atom stereocenters. The molecule has 2 fully saturated rings. The Hall–Kier alpha value is -1.58. The molecular weight excluding hydrogens is 300 g/mol. The number of hydrogen-bond donors (Lipinski definition) is 2. The number of fused-ring (bicyclic) bond motifs is 1. The first kappa shape index (κ1) is 15.9. The largest absolute Gasteiger partial charge is 0.481 e. The predicted molar refractivity (Wildman–Crippen MR) is 94.1 cm³/mol. The third-order valence-electron chi connectivity index (χ3n) is 6.41. The zero-order valence-corrected chi connectivity index (χ0v) is 14.4. The summed E-state index contributed by atoms with van der Waals surface area (Å²) in [5, 5.41) is 12.2. The molecule has 1 aliphatic heterocycles. The molecule has 2 aliphatic carbocycles. The van der Waals surface area contributed by atoms with Gasteiger partial charge in [-0.15, -0.1) is 0 Å². The summed E-state index contributed by atoms with van der Waals surface area (Å²) in [6, 6.07) is 4.47. The van der Waals surface area contributed by atoms with Gasteiger partial charge in [-0.2, -0.15) is 0 Å². The first-order valence-electron chi connectivity index (χ1n) is 9.56. The van der Waals surface area contributed by atoms with Gasteiger partial charge in [-0.1, -0.05) is 6.07 Å². The van der Waals surface area contributed by atoms with Crippen LogP contribution in [0.15, 0.2) is 12.1 Å². The van der Waals surface area contributed by atoms with Crippen LogP contribution in [0.4, 0.5) is 5.82 Å². The van der Waals surface area contributed by atoms with Gasteiger partial charge in [0, 0.05) is 18.7 Å². The van der Waals surface area contributed by atoms with Gasteiger partial charge in [0.05, 0.1) is 0 Å². The topological polar surface area (TPSA) is 62.2 Å². The van der Waals surface area contributed by atoms with Crippen LogP contribution in [-0.2, 0) is 17.6 Å². The van der Waals surface area contributed by atoms with Gasteiger partial charge in [0.25, 0.3) is 0 Å². The SMILES string of the molecule is O=C(O)CCC1CC2(C1)CC(CCc1ccc3c(n1)NCCC3)C2. The standard InChI is InChI=1S/C20H28N2O2/c23-18(24)8-4-15-12-20(13-15)10-14(11-20)3-6-17-7-5-16-2-1-9-21-19(16)22-17/h5,7,14-15H,1-4,6,8-13H2,(H,21,22)(H,23,24). The average Bonchev–Trinajstić information content (AvgIpc) is 2.50. The zero-order valence-electron chi connectivity index (χ0n) is 14.4. The molecule has 4 nitrogen and oxygen atoms in total. The van der Waals surface area contributed by atoms with Crippen molar-refractivity contribution in [2.24, 2.45) is 17.3 Å². The second-order valence-corrected chi connectivity index (χ2v) is 8.36. The molecule has 0 bridgehead atoms. The van der Waals surface area contributed by atoms with Gasteiger partial charge in [0.1, 0.15) is 5.82 Å². The van der Waals surface area contributed by atoms with E-state index in [1.165, 1.54) is 49.8 Å². The van der Waals surface area contributed by atoms with Crippen molar-refractivity contribution in [2.75, 3.05) is 11.9 Å². The Labute approximate surface area is 144 Å². The average molecular weight is 328 g/mol. The molecule has 2 heterocycles. The lowest BCUT2D eigenvalue weighted by Gasteiger charge is -2.58. The Balaban J connectivity index is 1.19. The van der Waals surface area contributed by atoms with E-state index in [1.807, 2.05) is 0 Å². The molecule has 1 aromatic heterocycles. The van der Waals surface area contributed by atoms with Crippen molar-refractivity contribution in [3.05, 3.63) is 23.4 Å². The minimum absolute atomic E-state index is 0.349. The molecule has 4 rings (SSSR count). The van der Waals surface area contributed by atoms with Gasteiger partial charge in [0.15, 0.2) is 0 Å². The zero-order chi connectivity index (χ0) is 16.6. The summed E-state index contributed by atoms with van der Waals surface area (Å²) in [6.07, 6.45) is 11.2. The summed E-state index contributed by atoms with van der Waals surface area (Å²) in [5.41, 5.74) is 3.20. The van der Waals surface area contributed by atoms with E-state index in [1.54, 1.807) is 0 Å². The maximum absolute atomic E-state index is 10.6. The molecule has 2 N–H and O–H groups in total. The van der Waals surface area contributed by atoms with Gasteiger partial charge in [0.2, 0.25) is 0 Å². The number of carbonyl (C=O) groups is 1. The van der Waals surface area contributed by atoms with E-state index in [9.17, 15) is 4.79 Å². The van der Waals surface area contributed by atoms with Crippen LogP contribution in [-0.4, -0.2) is 22.6 Å². The molecule has 0 amide bonds. The van der Waals surface area contributed by atoms with E-state index in [2.05, 4.69) is 17.4 Å². The number of aryl methyl sites for hydroxylation is 2. The second kappa shape index (κ2) is 6.38. The molecule has 3 aliphatic rings. The lowest BCUT2D eigenvalue weighted by atomic mass is 9.47. The summed E-state index contributed by atoms with van der Waals surface area (Å²) in [4.78, 5) is 15.4. The van der Waals surface area contributed by atoms with E-state index in [0.29, 0.717) is 17.8 Å². The molecule has 0 aromatic carbocycles. The minimum Gasteiger partial charge on any atom is -0.481 e. The molecule has 0 saturated heterocycles. The monoisotopic (exact) mass is 328 g/mol. The Morgan fingerprint density at radius 3 is 2.71 bits per heavy atom. The van der Waals surface area contributed by atoms with Crippen molar-refractivity contribution in [3.63, 3.8) is 0 Å². The van der Waals surface area contributed by atoms with Crippen LogP contribution in [0.2, 0.25) is 0 Å². The van der Waals surface area contributed by atoms with Crippen LogP contribution in [0, 0.1) is 17.3 Å². The molecule has 0 atom stereocenters. The summed E-state index contributed by atoms with van der Waals surface area (Å²) in [6.45, 7) is 1.05. The number of aromatic nitrogens is 1. The fourth-order valence-corrected chi connectivity index (χ4v) is 5.26. The molecule has 0 radical (unpaired) electrons. The van der Waals surface area contributed by atoms with Gasteiger partial charge in [-0.3, -0.25) is 4.79 Å². The van der Waals surface area contributed by atoms with Crippen molar-refractivity contribution in [2.45, 2.75) is 64.2 Å². The number of rotatable bonds is 6. The fraction of sp³-hybridized carbons (Fsp3) is 0.700. The van der Waals surface area contributed by atoms with E-state index >= 15 is 0 Å². The Kier molecular flexibility index (Phi) is 4.23. The number of nitrogens with one attached hydrogen (secondary N) is 1. The van der Waals surface area contributed by atoms with E-state index < -0.39 is 5.97 Å². The van der Waals surface area contributed by atoms with Gasteiger partial charge in [-0.25, -0.2) is 4.98 Å². The highest BCUT2D eigenvalue weighted by atomic mass is 16.4. The van der Waals surface area contributed by atoms with Crippen LogP contribution in [0.3, 0.4) is 0 Å². The number of anilines is 1. The van der Waals surface area contributed by atoms with Crippen molar-refractivity contribution >= 4 is 11.8 Å². The van der Waals surface area contributed by atoms with Crippen LogP contribution in [0.1, 0.15) is 62.6 Å². The third kappa shape index (κ3) is 3.28. The Bertz CT molecular complexity index is 614. The quantitative estimate of drug-likeness (QED) is 0.827. The van der Waals surface area contributed by atoms with Crippen LogP contribution < -0.4 is 5.32 Å². The molecule has 24 heavy (non-hydrogen) atoms. The summed E-state index contributed by atoms with van der Waals surface area (Å²) < 4.78 is 0. The number of carboxylic acid groups (broad SMARTS) is 1. The molecule has 4 heteroatoms. The van der Waals surface area contributed by atoms with E-state index in [-0.39, 0.29) is 0 Å². The highest BCUT2D eigenvalue weighted by Gasteiger charge is 2.51. The highest BCUT2D eigenvalue weighted by Crippen LogP contribution is 2.62. The van der Waals surface area contributed by atoms with Crippen LogP contribution >= 0.6 is 0 Å². The summed E-state index contributed by atoms with van der Waals surface area (Å²) >= 11 is 0. The highest BCUT2D eigenvalue weighted by molar-refractivity contribution is 5.66. The Morgan fingerprint density at radius 2 is 1.96 bits per heavy atom. The smallest absolute Gasteiger partial charge is 0.303 e. The van der Waals surface area contributed by atoms with Crippen LogP contribution in [0.5, 0.6) is 0 Å². The minimum atomic E-state index is -0.644. The molecular formula is C20H28N2O2. The second-order valence-electron chi connectivity index (χ2n) is 8.36. The van der Waals surface area contributed by atoms with Gasteiger partial charge in [-0.05, 0) is 86.7 Å². The molecule has 130 valence electrons.